The van der Waals surface area contributed by atoms with E-state index in [0.29, 0.717) is 11.3 Å². The van der Waals surface area contributed by atoms with Gasteiger partial charge < -0.3 is 20.9 Å². The van der Waals surface area contributed by atoms with Crippen LogP contribution in [0.1, 0.15) is 46.8 Å². The molecule has 1 aliphatic heterocycles. The maximum absolute atomic E-state index is 13.1. The highest BCUT2D eigenvalue weighted by Gasteiger charge is 2.27. The van der Waals surface area contributed by atoms with Gasteiger partial charge >= 0.3 is 6.03 Å². The average molecular weight is 455 g/mol. The van der Waals surface area contributed by atoms with Gasteiger partial charge in [0.25, 0.3) is 5.91 Å². The Morgan fingerprint density at radius 1 is 0.912 bits per heavy atom. The van der Waals surface area contributed by atoms with Gasteiger partial charge in [0.05, 0.1) is 5.56 Å². The summed E-state index contributed by atoms with van der Waals surface area (Å²) in [4.78, 5) is 28.0. The van der Waals surface area contributed by atoms with Crippen molar-refractivity contribution in [2.45, 2.75) is 45.2 Å². The Balaban J connectivity index is 1.35. The molecule has 174 valence electrons. The maximum Gasteiger partial charge on any atom is 0.323 e. The lowest BCUT2D eigenvalue weighted by Crippen LogP contribution is -2.33. The van der Waals surface area contributed by atoms with Crippen LogP contribution in [0.3, 0.4) is 0 Å². The second-order valence-corrected chi connectivity index (χ2v) is 9.05. The highest BCUT2D eigenvalue weighted by molar-refractivity contribution is 6.04. The van der Waals surface area contributed by atoms with Crippen molar-refractivity contribution in [3.63, 3.8) is 0 Å². The highest BCUT2D eigenvalue weighted by atomic mass is 16.2. The molecule has 1 heterocycles. The lowest BCUT2D eigenvalue weighted by Gasteiger charge is -2.32. The van der Waals surface area contributed by atoms with Gasteiger partial charge in [-0.3, -0.25) is 4.79 Å². The minimum Gasteiger partial charge on any atom is -0.366 e. The third-order valence-corrected chi connectivity index (χ3v) is 6.50. The number of aryl methyl sites for hydroxylation is 1. The summed E-state index contributed by atoms with van der Waals surface area (Å²) in [5.74, 6) is -0.0874. The van der Waals surface area contributed by atoms with E-state index in [1.807, 2.05) is 36.4 Å². The molecule has 3 aromatic carbocycles. The number of hydrogen-bond acceptors (Lipinski definition) is 3. The number of urea groups is 1. The van der Waals surface area contributed by atoms with Crippen LogP contribution >= 0.6 is 0 Å². The number of fused-ring (bicyclic) bond motifs is 1. The van der Waals surface area contributed by atoms with E-state index in [0.717, 1.165) is 50.1 Å². The molecule has 0 saturated heterocycles. The first-order valence-corrected chi connectivity index (χ1v) is 12.0. The Morgan fingerprint density at radius 2 is 1.62 bits per heavy atom. The molecule has 3 N–H and O–H groups in total. The minimum atomic E-state index is -0.336. The van der Waals surface area contributed by atoms with Crippen molar-refractivity contribution in [2.24, 2.45) is 0 Å². The molecule has 3 aromatic rings. The van der Waals surface area contributed by atoms with Gasteiger partial charge in [0.2, 0.25) is 0 Å². The highest BCUT2D eigenvalue weighted by Crippen LogP contribution is 2.30. The molecule has 1 aliphatic carbocycles. The number of rotatable bonds is 6. The molecule has 2 aliphatic rings. The SMILES string of the molecule is CCc1ccc(NC(=O)Nc2ccc(N3CCc4ccccc4C3)c(C(=O)NC3CC3)c2)cc1. The van der Waals surface area contributed by atoms with Crippen molar-refractivity contribution >= 4 is 29.0 Å². The fourth-order valence-corrected chi connectivity index (χ4v) is 4.38. The summed E-state index contributed by atoms with van der Waals surface area (Å²) in [5, 5.41) is 8.85. The fraction of sp³-hybridized carbons (Fsp3) is 0.286. The Hall–Kier alpha value is -3.80. The van der Waals surface area contributed by atoms with Crippen LogP contribution in [0.5, 0.6) is 0 Å². The molecule has 0 radical (unpaired) electrons. The third-order valence-electron chi connectivity index (χ3n) is 6.50. The molecule has 6 heteroatoms. The third kappa shape index (κ3) is 5.06. The number of nitrogens with zero attached hydrogens (tertiary/aromatic N) is 1. The van der Waals surface area contributed by atoms with Crippen molar-refractivity contribution < 1.29 is 9.59 Å². The standard InChI is InChI=1S/C28H30N4O2/c1-2-19-7-9-23(10-8-19)30-28(34)31-24-13-14-26(25(17-24)27(33)29-22-11-12-22)32-16-15-20-5-3-4-6-21(20)18-32/h3-10,13-14,17,22H,2,11-12,15-16,18H2,1H3,(H,29,33)(H2,30,31,34). The van der Waals surface area contributed by atoms with Crippen LogP contribution in [0, 0.1) is 0 Å². The molecule has 3 amide bonds. The first-order valence-electron chi connectivity index (χ1n) is 12.0. The quantitative estimate of drug-likeness (QED) is 0.470. The molecule has 0 aromatic heterocycles. The molecule has 5 rings (SSSR count). The summed E-state index contributed by atoms with van der Waals surface area (Å²) < 4.78 is 0. The van der Waals surface area contributed by atoms with Crippen LogP contribution in [0.4, 0.5) is 21.9 Å². The molecule has 0 unspecified atom stereocenters. The van der Waals surface area contributed by atoms with E-state index in [1.54, 1.807) is 6.07 Å². The number of nitrogens with one attached hydrogen (secondary N) is 3. The lowest BCUT2D eigenvalue weighted by atomic mass is 9.98. The van der Waals surface area contributed by atoms with E-state index in [-0.39, 0.29) is 18.0 Å². The van der Waals surface area contributed by atoms with E-state index in [4.69, 9.17) is 0 Å². The zero-order valence-corrected chi connectivity index (χ0v) is 19.4. The Kier molecular flexibility index (Phi) is 6.21. The van der Waals surface area contributed by atoms with Crippen LogP contribution < -0.4 is 20.9 Å². The number of benzene rings is 3. The summed E-state index contributed by atoms with van der Waals surface area (Å²) in [6, 6.07) is 21.8. The number of amides is 3. The van der Waals surface area contributed by atoms with Crippen molar-refractivity contribution in [1.29, 1.82) is 0 Å². The molecule has 34 heavy (non-hydrogen) atoms. The first kappa shape index (κ1) is 22.0. The van der Waals surface area contributed by atoms with Gasteiger partial charge in [0.15, 0.2) is 0 Å². The molecular formula is C28H30N4O2. The van der Waals surface area contributed by atoms with Crippen LogP contribution in [0.2, 0.25) is 0 Å². The minimum absolute atomic E-state index is 0.0874. The average Bonchev–Trinajstić information content (AvgIpc) is 3.68. The molecule has 0 bridgehead atoms. The van der Waals surface area contributed by atoms with Crippen molar-refractivity contribution in [3.05, 3.63) is 89.0 Å². The fourth-order valence-electron chi connectivity index (χ4n) is 4.38. The van der Waals surface area contributed by atoms with Gasteiger partial charge in [0, 0.05) is 36.2 Å². The summed E-state index contributed by atoms with van der Waals surface area (Å²) in [7, 11) is 0. The summed E-state index contributed by atoms with van der Waals surface area (Å²) in [5.41, 5.74) is 6.68. The summed E-state index contributed by atoms with van der Waals surface area (Å²) in [6.45, 7) is 3.71. The molecule has 0 spiro atoms. The van der Waals surface area contributed by atoms with Crippen molar-refractivity contribution in [2.75, 3.05) is 22.1 Å². The van der Waals surface area contributed by atoms with Gasteiger partial charge in [-0.05, 0) is 72.7 Å². The van der Waals surface area contributed by atoms with E-state index in [9.17, 15) is 9.59 Å². The monoisotopic (exact) mass is 454 g/mol. The molecule has 1 fully saturated rings. The van der Waals surface area contributed by atoms with Crippen LogP contribution in [0.15, 0.2) is 66.7 Å². The van der Waals surface area contributed by atoms with Crippen LogP contribution in [-0.2, 0) is 19.4 Å². The van der Waals surface area contributed by atoms with E-state index in [2.05, 4.69) is 52.0 Å². The molecular weight excluding hydrogens is 424 g/mol. The van der Waals surface area contributed by atoms with E-state index < -0.39 is 0 Å². The lowest BCUT2D eigenvalue weighted by molar-refractivity contribution is 0.0951. The first-order chi connectivity index (χ1) is 16.6. The van der Waals surface area contributed by atoms with Gasteiger partial charge in [-0.2, -0.15) is 0 Å². The zero-order valence-electron chi connectivity index (χ0n) is 19.4. The van der Waals surface area contributed by atoms with Gasteiger partial charge in [-0.15, -0.1) is 0 Å². The Morgan fingerprint density at radius 3 is 2.35 bits per heavy atom. The Bertz CT molecular complexity index is 1200. The predicted octanol–water partition coefficient (Wildman–Crippen LogP) is 5.35. The van der Waals surface area contributed by atoms with E-state index in [1.165, 1.54) is 16.7 Å². The second-order valence-electron chi connectivity index (χ2n) is 9.05. The van der Waals surface area contributed by atoms with Gasteiger partial charge in [0.1, 0.15) is 0 Å². The number of carbonyl (C=O) groups excluding carboxylic acids is 2. The second kappa shape index (κ2) is 9.59. The number of carbonyl (C=O) groups is 2. The summed E-state index contributed by atoms with van der Waals surface area (Å²) in [6.07, 6.45) is 3.94. The van der Waals surface area contributed by atoms with Gasteiger partial charge in [-0.1, -0.05) is 43.3 Å². The largest absolute Gasteiger partial charge is 0.366 e. The molecule has 6 nitrogen and oxygen atoms in total. The van der Waals surface area contributed by atoms with Crippen LogP contribution in [-0.4, -0.2) is 24.5 Å². The smallest absolute Gasteiger partial charge is 0.323 e. The zero-order chi connectivity index (χ0) is 23.5. The molecule has 1 saturated carbocycles. The maximum atomic E-state index is 13.1. The van der Waals surface area contributed by atoms with E-state index >= 15 is 0 Å². The van der Waals surface area contributed by atoms with Gasteiger partial charge in [-0.25, -0.2) is 4.79 Å². The number of anilines is 3. The number of hydrogen-bond donors (Lipinski definition) is 3. The van der Waals surface area contributed by atoms with Crippen molar-refractivity contribution in [1.82, 2.24) is 5.32 Å². The molecule has 0 atom stereocenters. The predicted molar refractivity (Wildman–Crippen MR) is 137 cm³/mol. The van der Waals surface area contributed by atoms with Crippen LogP contribution in [0.25, 0.3) is 0 Å². The Labute approximate surface area is 200 Å². The van der Waals surface area contributed by atoms with Crippen molar-refractivity contribution in [3.8, 4) is 0 Å². The topological polar surface area (TPSA) is 73.5 Å². The normalized spacial score (nSPS) is 14.8. The summed E-state index contributed by atoms with van der Waals surface area (Å²) >= 11 is 0.